The van der Waals surface area contributed by atoms with Gasteiger partial charge < -0.3 is 10.7 Å². The van der Waals surface area contributed by atoms with Crippen molar-refractivity contribution in [2.75, 3.05) is 6.54 Å². The van der Waals surface area contributed by atoms with Crippen LogP contribution in [0.1, 0.15) is 20.8 Å². The monoisotopic (exact) mass is 175 g/mol. The van der Waals surface area contributed by atoms with Gasteiger partial charge in [0.15, 0.2) is 5.11 Å². The van der Waals surface area contributed by atoms with Crippen molar-refractivity contribution in [3.05, 3.63) is 0 Å². The van der Waals surface area contributed by atoms with E-state index in [1.807, 2.05) is 0 Å². The molecule has 0 amide bonds. The van der Waals surface area contributed by atoms with Gasteiger partial charge in [-0.15, -0.1) is 0 Å². The Balaban J connectivity index is 3.45. The number of hydrazine groups is 1. The summed E-state index contributed by atoms with van der Waals surface area (Å²) in [6.07, 6.45) is 0. The number of nitrogens with two attached hydrogens (primary N) is 1. The van der Waals surface area contributed by atoms with Crippen molar-refractivity contribution >= 4 is 17.3 Å². The summed E-state index contributed by atoms with van der Waals surface area (Å²) < 4.78 is 0. The zero-order valence-electron chi connectivity index (χ0n) is 7.35. The molecule has 0 rings (SSSR count). The molecule has 0 aliphatic rings. The molecule has 1 unspecified atom stereocenters. The lowest BCUT2D eigenvalue weighted by Gasteiger charge is -2.16. The molecule has 0 spiro atoms. The smallest absolute Gasteiger partial charge is 0.180 e. The molecular formula is C7H17N3S. The maximum absolute atomic E-state index is 5.08. The summed E-state index contributed by atoms with van der Waals surface area (Å²) in [6.45, 7) is 7.42. The zero-order valence-corrected chi connectivity index (χ0v) is 8.16. The van der Waals surface area contributed by atoms with Crippen LogP contribution in [0.3, 0.4) is 0 Å². The van der Waals surface area contributed by atoms with Crippen LogP contribution in [0, 0.1) is 11.8 Å². The van der Waals surface area contributed by atoms with Crippen LogP contribution < -0.4 is 16.6 Å². The van der Waals surface area contributed by atoms with Gasteiger partial charge in [-0.2, -0.15) is 0 Å². The third-order valence-corrected chi connectivity index (χ3v) is 2.12. The fourth-order valence-corrected chi connectivity index (χ4v) is 0.624. The molecule has 0 aliphatic carbocycles. The van der Waals surface area contributed by atoms with Crippen molar-refractivity contribution < 1.29 is 0 Å². The van der Waals surface area contributed by atoms with Gasteiger partial charge in [0.25, 0.3) is 0 Å². The van der Waals surface area contributed by atoms with Crippen LogP contribution in [0.15, 0.2) is 0 Å². The maximum atomic E-state index is 5.08. The van der Waals surface area contributed by atoms with Crippen LogP contribution in [0.25, 0.3) is 0 Å². The minimum absolute atomic E-state index is 0.512. The minimum Gasteiger partial charge on any atom is -0.361 e. The Bertz CT molecular complexity index is 125. The normalized spacial score (nSPS) is 12.8. The van der Waals surface area contributed by atoms with Crippen molar-refractivity contribution in [2.45, 2.75) is 20.8 Å². The van der Waals surface area contributed by atoms with Crippen LogP contribution in [-0.4, -0.2) is 11.7 Å². The molecule has 0 fully saturated rings. The van der Waals surface area contributed by atoms with Gasteiger partial charge in [0.2, 0.25) is 0 Å². The van der Waals surface area contributed by atoms with E-state index in [1.54, 1.807) is 0 Å². The lowest BCUT2D eigenvalue weighted by atomic mass is 9.98. The van der Waals surface area contributed by atoms with Crippen LogP contribution in [0.5, 0.6) is 0 Å². The molecule has 11 heavy (non-hydrogen) atoms. The molecule has 66 valence electrons. The standard InChI is InChI=1S/C7H17N3S/c1-5(2)6(3)4-9-7(11)10-8/h5-6H,4,8H2,1-3H3,(H2,9,10,11). The molecule has 0 aromatic heterocycles. The molecule has 0 radical (unpaired) electrons. The summed E-state index contributed by atoms with van der Waals surface area (Å²) in [6, 6.07) is 0. The lowest BCUT2D eigenvalue weighted by Crippen LogP contribution is -2.41. The molecule has 1 atom stereocenters. The fourth-order valence-electron chi connectivity index (χ4n) is 0.540. The van der Waals surface area contributed by atoms with Crippen LogP contribution >= 0.6 is 12.2 Å². The summed E-state index contributed by atoms with van der Waals surface area (Å²) in [5.41, 5.74) is 2.38. The second-order valence-electron chi connectivity index (χ2n) is 3.08. The van der Waals surface area contributed by atoms with E-state index in [-0.39, 0.29) is 0 Å². The molecular weight excluding hydrogens is 158 g/mol. The van der Waals surface area contributed by atoms with Crippen molar-refractivity contribution in [1.29, 1.82) is 0 Å². The number of hydrogen-bond acceptors (Lipinski definition) is 2. The summed E-state index contributed by atoms with van der Waals surface area (Å²) >= 11 is 4.81. The van der Waals surface area contributed by atoms with Gasteiger partial charge in [0, 0.05) is 6.54 Å². The topological polar surface area (TPSA) is 50.1 Å². The van der Waals surface area contributed by atoms with Crippen molar-refractivity contribution in [3.63, 3.8) is 0 Å². The van der Waals surface area contributed by atoms with Crippen molar-refractivity contribution in [2.24, 2.45) is 17.7 Å². The Morgan fingerprint density at radius 3 is 2.36 bits per heavy atom. The molecule has 0 bridgehead atoms. The average Bonchev–Trinajstić information content (AvgIpc) is 1.99. The second-order valence-corrected chi connectivity index (χ2v) is 3.48. The average molecular weight is 175 g/mol. The molecule has 0 aromatic rings. The van der Waals surface area contributed by atoms with Gasteiger partial charge in [-0.05, 0) is 24.1 Å². The van der Waals surface area contributed by atoms with E-state index in [4.69, 9.17) is 18.1 Å². The van der Waals surface area contributed by atoms with E-state index in [1.165, 1.54) is 0 Å². The Morgan fingerprint density at radius 1 is 1.45 bits per heavy atom. The quantitative estimate of drug-likeness (QED) is 0.334. The first kappa shape index (κ1) is 10.7. The summed E-state index contributed by atoms with van der Waals surface area (Å²) in [7, 11) is 0. The maximum Gasteiger partial charge on any atom is 0.180 e. The highest BCUT2D eigenvalue weighted by Crippen LogP contribution is 2.06. The number of rotatable bonds is 3. The Hall–Kier alpha value is -0.350. The number of thiocarbonyl (C=S) groups is 1. The number of nitrogens with one attached hydrogen (secondary N) is 2. The van der Waals surface area contributed by atoms with Crippen LogP contribution in [-0.2, 0) is 0 Å². The van der Waals surface area contributed by atoms with E-state index < -0.39 is 0 Å². The predicted molar refractivity (Wildman–Crippen MR) is 51.9 cm³/mol. The number of hydrogen-bond donors (Lipinski definition) is 3. The highest BCUT2D eigenvalue weighted by molar-refractivity contribution is 7.80. The Kier molecular flexibility index (Phi) is 5.15. The highest BCUT2D eigenvalue weighted by Gasteiger charge is 2.06. The first-order valence-electron chi connectivity index (χ1n) is 3.82. The van der Waals surface area contributed by atoms with Crippen molar-refractivity contribution in [3.8, 4) is 0 Å². The Morgan fingerprint density at radius 2 is 2.00 bits per heavy atom. The van der Waals surface area contributed by atoms with E-state index in [0.717, 1.165) is 6.54 Å². The van der Waals surface area contributed by atoms with E-state index in [2.05, 4.69) is 31.5 Å². The lowest BCUT2D eigenvalue weighted by molar-refractivity contribution is 0.415. The van der Waals surface area contributed by atoms with Gasteiger partial charge in [-0.25, -0.2) is 5.84 Å². The van der Waals surface area contributed by atoms with Gasteiger partial charge in [0.05, 0.1) is 0 Å². The molecule has 0 heterocycles. The molecule has 3 nitrogen and oxygen atoms in total. The SMILES string of the molecule is CC(C)C(C)CNC(=S)NN. The first-order valence-corrected chi connectivity index (χ1v) is 4.23. The van der Waals surface area contributed by atoms with Gasteiger partial charge in [0.1, 0.15) is 0 Å². The molecule has 0 saturated carbocycles. The van der Waals surface area contributed by atoms with Gasteiger partial charge in [-0.3, -0.25) is 0 Å². The van der Waals surface area contributed by atoms with Gasteiger partial charge in [-0.1, -0.05) is 20.8 Å². The summed E-state index contributed by atoms with van der Waals surface area (Å²) in [5, 5.41) is 3.52. The fraction of sp³-hybridized carbons (Fsp3) is 0.857. The van der Waals surface area contributed by atoms with E-state index >= 15 is 0 Å². The van der Waals surface area contributed by atoms with Crippen LogP contribution in [0.2, 0.25) is 0 Å². The molecule has 0 aromatic carbocycles. The zero-order chi connectivity index (χ0) is 8.85. The molecule has 0 aliphatic heterocycles. The summed E-state index contributed by atoms with van der Waals surface area (Å²) in [5.74, 6) is 6.36. The molecule has 0 saturated heterocycles. The third-order valence-electron chi connectivity index (χ3n) is 1.85. The van der Waals surface area contributed by atoms with Gasteiger partial charge >= 0.3 is 0 Å². The minimum atomic E-state index is 0.512. The largest absolute Gasteiger partial charge is 0.361 e. The van der Waals surface area contributed by atoms with E-state index in [9.17, 15) is 0 Å². The highest BCUT2D eigenvalue weighted by atomic mass is 32.1. The third kappa shape index (κ3) is 4.98. The molecule has 4 heteroatoms. The van der Waals surface area contributed by atoms with Crippen molar-refractivity contribution in [1.82, 2.24) is 10.7 Å². The first-order chi connectivity index (χ1) is 5.07. The van der Waals surface area contributed by atoms with E-state index in [0.29, 0.717) is 16.9 Å². The Labute approximate surface area is 73.7 Å². The molecule has 4 N–H and O–H groups in total. The predicted octanol–water partition coefficient (Wildman–Crippen LogP) is 0.616. The van der Waals surface area contributed by atoms with Crippen LogP contribution in [0.4, 0.5) is 0 Å². The second kappa shape index (κ2) is 5.32. The summed E-state index contributed by atoms with van der Waals surface area (Å²) in [4.78, 5) is 0.